The summed E-state index contributed by atoms with van der Waals surface area (Å²) in [6, 6.07) is 9.90. The first-order valence-electron chi connectivity index (χ1n) is 11.2. The monoisotopic (exact) mass is 558 g/mol. The molecular weight excluding hydrogens is 536 g/mol. The fourth-order valence-electron chi connectivity index (χ4n) is 3.94. The number of nitrogens with one attached hydrogen (secondary N) is 1. The van der Waals surface area contributed by atoms with Crippen molar-refractivity contribution in [1.82, 2.24) is 20.4 Å². The van der Waals surface area contributed by atoms with Crippen LogP contribution in [-0.4, -0.2) is 60.9 Å². The highest BCUT2D eigenvalue weighted by Gasteiger charge is 2.54. The molecule has 2 aliphatic rings. The summed E-state index contributed by atoms with van der Waals surface area (Å²) in [5.74, 6) is -0.138. The number of hydrogen-bond acceptors (Lipinski definition) is 10. The molecular formula is C24H22N4O6S3. The van der Waals surface area contributed by atoms with Crippen LogP contribution in [0.15, 0.2) is 56.4 Å². The van der Waals surface area contributed by atoms with Gasteiger partial charge in [0.2, 0.25) is 0 Å². The average Bonchev–Trinajstić information content (AvgIpc) is 3.53. The van der Waals surface area contributed by atoms with Crippen LogP contribution in [0.1, 0.15) is 26.9 Å². The van der Waals surface area contributed by atoms with Gasteiger partial charge in [-0.15, -0.1) is 22.0 Å². The lowest BCUT2D eigenvalue weighted by molar-refractivity contribution is -0.148. The Morgan fingerprint density at radius 3 is 2.78 bits per heavy atom. The van der Waals surface area contributed by atoms with Gasteiger partial charge in [-0.1, -0.05) is 41.3 Å². The predicted molar refractivity (Wildman–Crippen MR) is 139 cm³/mol. The first kappa shape index (κ1) is 25.4. The van der Waals surface area contributed by atoms with E-state index in [1.807, 2.05) is 38.1 Å². The topological polar surface area (TPSA) is 135 Å². The zero-order chi connectivity index (χ0) is 26.1. The van der Waals surface area contributed by atoms with Crippen molar-refractivity contribution in [3.8, 4) is 5.75 Å². The molecule has 2 aliphatic heterocycles. The Balaban J connectivity index is 1.21. The van der Waals surface area contributed by atoms with Gasteiger partial charge in [0.05, 0.1) is 0 Å². The number of benzene rings is 1. The first-order valence-corrected chi connectivity index (χ1v) is 14.1. The number of furan rings is 1. The van der Waals surface area contributed by atoms with Crippen LogP contribution in [0.2, 0.25) is 0 Å². The third kappa shape index (κ3) is 5.24. The number of aryl methyl sites for hydroxylation is 2. The number of hydrogen-bond donors (Lipinski definition) is 2. The first-order chi connectivity index (χ1) is 17.8. The van der Waals surface area contributed by atoms with Crippen molar-refractivity contribution in [1.29, 1.82) is 0 Å². The Kier molecular flexibility index (Phi) is 7.26. The molecule has 1 aromatic carbocycles. The Morgan fingerprint density at radius 1 is 1.24 bits per heavy atom. The molecule has 2 atom stereocenters. The quantitative estimate of drug-likeness (QED) is 0.297. The summed E-state index contributed by atoms with van der Waals surface area (Å²) in [5, 5.41) is 20.9. The Hall–Kier alpha value is -3.29. The van der Waals surface area contributed by atoms with E-state index in [0.717, 1.165) is 20.7 Å². The highest BCUT2D eigenvalue weighted by Crippen LogP contribution is 2.42. The number of β-lactam (4-membered cyclic amide) rings is 1. The molecule has 1 fully saturated rings. The zero-order valence-corrected chi connectivity index (χ0v) is 22.2. The van der Waals surface area contributed by atoms with Crippen molar-refractivity contribution in [3.63, 3.8) is 0 Å². The number of carboxylic acids is 1. The van der Waals surface area contributed by atoms with E-state index in [1.165, 1.54) is 45.8 Å². The summed E-state index contributed by atoms with van der Waals surface area (Å²) in [7, 11) is 0. The molecule has 0 aliphatic carbocycles. The second-order valence-corrected chi connectivity index (χ2v) is 11.8. The van der Waals surface area contributed by atoms with Gasteiger partial charge in [-0.25, -0.2) is 4.79 Å². The lowest BCUT2D eigenvalue weighted by Crippen LogP contribution is -2.70. The number of carbonyl (C=O) groups excluding carboxylic acids is 2. The highest BCUT2D eigenvalue weighted by molar-refractivity contribution is 8.01. The van der Waals surface area contributed by atoms with Gasteiger partial charge in [-0.05, 0) is 43.2 Å². The number of amides is 2. The second kappa shape index (κ2) is 10.6. The predicted octanol–water partition coefficient (Wildman–Crippen LogP) is 3.47. The van der Waals surface area contributed by atoms with Gasteiger partial charge >= 0.3 is 5.97 Å². The van der Waals surface area contributed by atoms with Crippen LogP contribution in [0.3, 0.4) is 0 Å². The van der Waals surface area contributed by atoms with Gasteiger partial charge in [0.25, 0.3) is 11.8 Å². The van der Waals surface area contributed by atoms with Gasteiger partial charge in [0.15, 0.2) is 10.1 Å². The van der Waals surface area contributed by atoms with Crippen molar-refractivity contribution >= 4 is 52.6 Å². The van der Waals surface area contributed by atoms with E-state index in [4.69, 9.17) is 9.15 Å². The van der Waals surface area contributed by atoms with E-state index in [1.54, 1.807) is 6.07 Å². The lowest BCUT2D eigenvalue weighted by Gasteiger charge is -2.49. The van der Waals surface area contributed by atoms with Gasteiger partial charge in [0, 0.05) is 11.5 Å². The number of aromatic nitrogens is 2. The molecule has 2 unspecified atom stereocenters. The molecule has 4 heterocycles. The summed E-state index contributed by atoms with van der Waals surface area (Å²) in [5.41, 5.74) is 1.59. The summed E-state index contributed by atoms with van der Waals surface area (Å²) < 4.78 is 12.1. The zero-order valence-electron chi connectivity index (χ0n) is 19.8. The molecule has 13 heteroatoms. The molecule has 2 aromatic heterocycles. The van der Waals surface area contributed by atoms with Crippen LogP contribution < -0.4 is 10.1 Å². The van der Waals surface area contributed by atoms with Gasteiger partial charge < -0.3 is 19.6 Å². The van der Waals surface area contributed by atoms with E-state index in [9.17, 15) is 19.5 Å². The molecule has 10 nitrogen and oxygen atoms in total. The van der Waals surface area contributed by atoms with E-state index in [0.29, 0.717) is 22.8 Å². The van der Waals surface area contributed by atoms with Crippen LogP contribution in [0, 0.1) is 13.8 Å². The summed E-state index contributed by atoms with van der Waals surface area (Å²) in [4.78, 5) is 39.0. The molecule has 0 bridgehead atoms. The van der Waals surface area contributed by atoms with E-state index < -0.39 is 29.2 Å². The minimum atomic E-state index is -1.17. The van der Waals surface area contributed by atoms with Crippen LogP contribution in [0.25, 0.3) is 0 Å². The summed E-state index contributed by atoms with van der Waals surface area (Å²) in [6.45, 7) is 3.93. The van der Waals surface area contributed by atoms with Gasteiger partial charge in [-0.2, -0.15) is 0 Å². The second-order valence-electron chi connectivity index (χ2n) is 8.31. The number of thioether (sulfide) groups is 2. The molecule has 0 saturated carbocycles. The van der Waals surface area contributed by atoms with Crippen molar-refractivity contribution in [2.24, 2.45) is 0 Å². The van der Waals surface area contributed by atoms with Crippen LogP contribution in [-0.2, 0) is 16.2 Å². The fraction of sp³-hybridized carbons (Fsp3) is 0.292. The Labute approximate surface area is 224 Å². The number of ether oxygens (including phenoxy) is 1. The van der Waals surface area contributed by atoms with Gasteiger partial charge in [0.1, 0.15) is 40.2 Å². The molecule has 2 N–H and O–H groups in total. The smallest absolute Gasteiger partial charge is 0.352 e. The van der Waals surface area contributed by atoms with Crippen molar-refractivity contribution in [2.45, 2.75) is 36.2 Å². The molecule has 1 saturated heterocycles. The third-order valence-corrected chi connectivity index (χ3v) is 9.16. The van der Waals surface area contributed by atoms with E-state index in [-0.39, 0.29) is 18.1 Å². The van der Waals surface area contributed by atoms with Crippen LogP contribution in [0.5, 0.6) is 5.75 Å². The maximum atomic E-state index is 12.9. The molecule has 5 rings (SSSR count). The molecule has 3 aromatic rings. The van der Waals surface area contributed by atoms with Crippen LogP contribution in [0.4, 0.5) is 0 Å². The number of rotatable bonds is 9. The van der Waals surface area contributed by atoms with Crippen molar-refractivity contribution < 1.29 is 28.6 Å². The standard InChI is InChI=1S/C24H22N4O6S3/c1-12-5-3-4-6-16(12)33-9-15-7-8-17(34-15)20(29)25-18-21(30)28-19(23(31)32)14(10-35-22(18)28)11-36-24-27-26-13(2)37-24/h3-8,18,22H,9-11H2,1-2H3,(H,25,29)(H,31,32). The average molecular weight is 559 g/mol. The normalized spacial score (nSPS) is 18.9. The summed E-state index contributed by atoms with van der Waals surface area (Å²) in [6.07, 6.45) is 0. The fourth-order valence-corrected chi connectivity index (χ4v) is 7.24. The van der Waals surface area contributed by atoms with E-state index >= 15 is 0 Å². The van der Waals surface area contributed by atoms with Crippen LogP contribution >= 0.6 is 34.9 Å². The number of fused-ring (bicyclic) bond motifs is 1. The Bertz CT molecular complexity index is 1400. The minimum Gasteiger partial charge on any atom is -0.485 e. The molecule has 2 amide bonds. The molecule has 0 spiro atoms. The number of nitrogens with zero attached hydrogens (tertiary/aromatic N) is 3. The third-order valence-electron chi connectivity index (χ3n) is 5.76. The van der Waals surface area contributed by atoms with Crippen molar-refractivity contribution in [2.75, 3.05) is 11.5 Å². The number of aliphatic carboxylic acids is 1. The summed E-state index contributed by atoms with van der Waals surface area (Å²) >= 11 is 4.24. The Morgan fingerprint density at radius 2 is 2.05 bits per heavy atom. The lowest BCUT2D eigenvalue weighted by atomic mass is 10.0. The van der Waals surface area contributed by atoms with E-state index in [2.05, 4.69) is 15.5 Å². The number of carboxylic acid groups (broad SMARTS) is 1. The number of carbonyl (C=O) groups is 3. The molecule has 0 radical (unpaired) electrons. The molecule has 192 valence electrons. The van der Waals surface area contributed by atoms with Gasteiger partial charge in [-0.3, -0.25) is 14.5 Å². The minimum absolute atomic E-state index is 0.0263. The maximum absolute atomic E-state index is 12.9. The SMILES string of the molecule is Cc1nnc(SCC2=C(C(=O)O)N3C(=O)C(NC(=O)c4ccc(COc5ccccc5C)o4)C3SC2)s1. The number of para-hydroxylation sites is 1. The largest absolute Gasteiger partial charge is 0.485 e. The maximum Gasteiger partial charge on any atom is 0.352 e. The molecule has 37 heavy (non-hydrogen) atoms. The highest BCUT2D eigenvalue weighted by atomic mass is 32.2. The van der Waals surface area contributed by atoms with Crippen molar-refractivity contribution in [3.05, 3.63) is 69.8 Å².